The van der Waals surface area contributed by atoms with E-state index in [0.29, 0.717) is 17.2 Å². The summed E-state index contributed by atoms with van der Waals surface area (Å²) in [4.78, 5) is 12.9. The van der Waals surface area contributed by atoms with Gasteiger partial charge in [-0.15, -0.1) is 0 Å². The van der Waals surface area contributed by atoms with Gasteiger partial charge in [-0.2, -0.15) is 4.73 Å². The number of hydrogen-bond donors (Lipinski definition) is 1. The number of fused-ring (bicyclic) bond motifs is 3. The zero-order chi connectivity index (χ0) is 18.3. The van der Waals surface area contributed by atoms with Gasteiger partial charge in [0.05, 0.1) is 11.8 Å². The predicted octanol–water partition coefficient (Wildman–Crippen LogP) is 4.61. The van der Waals surface area contributed by atoms with Crippen LogP contribution in [0.25, 0.3) is 11.1 Å². The van der Waals surface area contributed by atoms with Gasteiger partial charge in [0.15, 0.2) is 0 Å². The second-order valence-corrected chi connectivity index (χ2v) is 7.51. The lowest BCUT2D eigenvalue weighted by molar-refractivity contribution is 0.0738. The van der Waals surface area contributed by atoms with E-state index in [-0.39, 0.29) is 23.5 Å². The van der Waals surface area contributed by atoms with E-state index in [9.17, 15) is 10.0 Å². The number of hydrogen-bond acceptors (Lipinski definition) is 3. The summed E-state index contributed by atoms with van der Waals surface area (Å²) < 4.78 is 7.14. The average molecular weight is 351 g/mol. The van der Waals surface area contributed by atoms with Crippen LogP contribution < -0.4 is 10.3 Å². The van der Waals surface area contributed by atoms with Crippen molar-refractivity contribution in [2.24, 2.45) is 11.8 Å². The topological polar surface area (TPSA) is 51.5 Å². The highest BCUT2D eigenvalue weighted by Gasteiger charge is 2.44. The Bertz CT molecular complexity index is 884. The molecule has 0 spiro atoms. The van der Waals surface area contributed by atoms with Crippen LogP contribution in [0.4, 0.5) is 0 Å². The van der Waals surface area contributed by atoms with Crippen molar-refractivity contribution in [2.45, 2.75) is 45.1 Å². The van der Waals surface area contributed by atoms with Crippen molar-refractivity contribution >= 4 is 0 Å². The molecule has 0 radical (unpaired) electrons. The monoisotopic (exact) mass is 351 g/mol. The van der Waals surface area contributed by atoms with E-state index < -0.39 is 0 Å². The van der Waals surface area contributed by atoms with E-state index in [1.165, 1.54) is 6.20 Å². The maximum absolute atomic E-state index is 12.9. The van der Waals surface area contributed by atoms with E-state index in [1.807, 2.05) is 43.3 Å². The molecule has 4 rings (SSSR count). The predicted molar refractivity (Wildman–Crippen MR) is 102 cm³/mol. The summed E-state index contributed by atoms with van der Waals surface area (Å²) in [5.41, 5.74) is 2.01. The minimum absolute atomic E-state index is 0.0309. The smallest absolute Gasteiger partial charge is 0.290 e. The number of benzene rings is 1. The zero-order valence-electron chi connectivity index (χ0n) is 15.3. The highest BCUT2D eigenvalue weighted by molar-refractivity contribution is 5.72. The Hall–Kier alpha value is -2.49. The van der Waals surface area contributed by atoms with Crippen LogP contribution in [0.3, 0.4) is 0 Å². The Labute approximate surface area is 153 Å². The summed E-state index contributed by atoms with van der Waals surface area (Å²) in [6.07, 6.45) is 8.89. The molecule has 4 atom stereocenters. The molecule has 1 fully saturated rings. The Morgan fingerprint density at radius 3 is 2.73 bits per heavy atom. The fourth-order valence-electron chi connectivity index (χ4n) is 4.77. The first-order valence-electron chi connectivity index (χ1n) is 9.45. The normalized spacial score (nSPS) is 27.6. The van der Waals surface area contributed by atoms with Crippen LogP contribution in [0.5, 0.6) is 5.75 Å². The van der Waals surface area contributed by atoms with E-state index in [0.717, 1.165) is 35.1 Å². The molecule has 1 aliphatic carbocycles. The van der Waals surface area contributed by atoms with Crippen molar-refractivity contribution in [2.75, 3.05) is 0 Å². The highest BCUT2D eigenvalue weighted by Crippen LogP contribution is 2.51. The second kappa shape index (κ2) is 6.67. The SMILES string of the molecule is C/C=C/C1Oc2c(-c3ccccc3)cn(O)c(=O)c2C2C(C)CCCC12. The van der Waals surface area contributed by atoms with Crippen LogP contribution in [0.2, 0.25) is 0 Å². The van der Waals surface area contributed by atoms with Crippen molar-refractivity contribution in [3.05, 3.63) is 64.6 Å². The molecule has 4 heteroatoms. The molecule has 0 saturated heterocycles. The van der Waals surface area contributed by atoms with Crippen LogP contribution in [-0.4, -0.2) is 16.0 Å². The summed E-state index contributed by atoms with van der Waals surface area (Å²) in [6.45, 7) is 4.22. The standard InChI is InChI=1S/C22H25NO3/c1-3-8-18-16-12-7-9-14(2)19(16)20-21(26-18)17(13-23(25)22(20)24)15-10-5-4-6-11-15/h3-6,8,10-11,13-14,16,18-19,25H,7,9,12H2,1-2H3/b8-3+. The third kappa shape index (κ3) is 2.64. The van der Waals surface area contributed by atoms with E-state index in [4.69, 9.17) is 4.74 Å². The first-order valence-corrected chi connectivity index (χ1v) is 9.45. The average Bonchev–Trinajstić information content (AvgIpc) is 2.66. The second-order valence-electron chi connectivity index (χ2n) is 7.51. The summed E-state index contributed by atoms with van der Waals surface area (Å²) in [6, 6.07) is 9.81. The molecule has 4 nitrogen and oxygen atoms in total. The van der Waals surface area contributed by atoms with Gasteiger partial charge in [0.2, 0.25) is 0 Å². The van der Waals surface area contributed by atoms with Crippen LogP contribution >= 0.6 is 0 Å². The fourth-order valence-corrected chi connectivity index (χ4v) is 4.77. The van der Waals surface area contributed by atoms with Crippen molar-refractivity contribution in [1.29, 1.82) is 0 Å². The number of allylic oxidation sites excluding steroid dienone is 1. The summed E-state index contributed by atoms with van der Waals surface area (Å²) in [7, 11) is 0. The van der Waals surface area contributed by atoms with Gasteiger partial charge in [0.25, 0.3) is 5.56 Å². The highest BCUT2D eigenvalue weighted by atomic mass is 16.5. The van der Waals surface area contributed by atoms with Crippen LogP contribution in [-0.2, 0) is 0 Å². The van der Waals surface area contributed by atoms with Crippen LogP contribution in [0, 0.1) is 11.8 Å². The lowest BCUT2D eigenvalue weighted by Crippen LogP contribution is -2.43. The van der Waals surface area contributed by atoms with Gasteiger partial charge in [-0.05, 0) is 30.9 Å². The van der Waals surface area contributed by atoms with Gasteiger partial charge in [-0.1, -0.05) is 56.2 Å². The molecule has 1 saturated carbocycles. The molecule has 2 aromatic rings. The molecule has 1 aromatic carbocycles. The zero-order valence-corrected chi connectivity index (χ0v) is 15.3. The molecule has 2 aliphatic rings. The first kappa shape index (κ1) is 17.0. The van der Waals surface area contributed by atoms with Gasteiger partial charge >= 0.3 is 0 Å². The van der Waals surface area contributed by atoms with Gasteiger partial charge in [-0.25, -0.2) is 0 Å². The third-order valence-electron chi connectivity index (χ3n) is 5.93. The molecule has 1 aliphatic heterocycles. The maximum Gasteiger partial charge on any atom is 0.290 e. The first-order chi connectivity index (χ1) is 12.6. The number of ether oxygens (including phenoxy) is 1. The van der Waals surface area contributed by atoms with Crippen LogP contribution in [0.15, 0.2) is 53.5 Å². The van der Waals surface area contributed by atoms with E-state index in [1.54, 1.807) is 0 Å². The lowest BCUT2D eigenvalue weighted by Gasteiger charge is -2.44. The molecule has 2 heterocycles. The van der Waals surface area contributed by atoms with Gasteiger partial charge < -0.3 is 9.94 Å². The molecule has 26 heavy (non-hydrogen) atoms. The molecular weight excluding hydrogens is 326 g/mol. The summed E-state index contributed by atoms with van der Waals surface area (Å²) in [5, 5.41) is 10.3. The largest absolute Gasteiger partial charge is 0.485 e. The van der Waals surface area contributed by atoms with E-state index >= 15 is 0 Å². The summed E-state index contributed by atoms with van der Waals surface area (Å²) >= 11 is 0. The Morgan fingerprint density at radius 2 is 2.00 bits per heavy atom. The Kier molecular flexibility index (Phi) is 4.35. The van der Waals surface area contributed by atoms with Gasteiger partial charge in [0.1, 0.15) is 11.9 Å². The van der Waals surface area contributed by atoms with Crippen molar-refractivity contribution in [3.8, 4) is 16.9 Å². The molecule has 0 amide bonds. The van der Waals surface area contributed by atoms with Crippen LogP contribution in [0.1, 0.15) is 44.6 Å². The molecule has 4 unspecified atom stereocenters. The molecule has 136 valence electrons. The number of pyridine rings is 1. The Balaban J connectivity index is 1.97. The minimum Gasteiger partial charge on any atom is -0.485 e. The molecule has 1 N–H and O–H groups in total. The number of nitrogens with zero attached hydrogens (tertiary/aromatic N) is 1. The van der Waals surface area contributed by atoms with E-state index in [2.05, 4.69) is 13.0 Å². The fraction of sp³-hybridized carbons (Fsp3) is 0.409. The van der Waals surface area contributed by atoms with Crippen molar-refractivity contribution < 1.29 is 9.94 Å². The lowest BCUT2D eigenvalue weighted by atomic mass is 9.66. The Morgan fingerprint density at radius 1 is 1.23 bits per heavy atom. The van der Waals surface area contributed by atoms with Crippen molar-refractivity contribution in [1.82, 2.24) is 4.73 Å². The molecular formula is C22H25NO3. The van der Waals surface area contributed by atoms with Gasteiger partial charge in [-0.3, -0.25) is 4.79 Å². The maximum atomic E-state index is 12.9. The van der Waals surface area contributed by atoms with Gasteiger partial charge in [0, 0.05) is 17.4 Å². The minimum atomic E-state index is -0.345. The number of aromatic nitrogens is 1. The quantitative estimate of drug-likeness (QED) is 0.635. The molecule has 1 aromatic heterocycles. The summed E-state index contributed by atoms with van der Waals surface area (Å²) in [5.74, 6) is 1.43. The number of rotatable bonds is 2. The third-order valence-corrected chi connectivity index (χ3v) is 5.93. The molecule has 0 bridgehead atoms. The van der Waals surface area contributed by atoms with Crippen molar-refractivity contribution in [3.63, 3.8) is 0 Å².